The Balaban J connectivity index is 2.03. The highest BCUT2D eigenvalue weighted by molar-refractivity contribution is 5.76. The van der Waals surface area contributed by atoms with E-state index in [1.54, 1.807) is 13.8 Å². The second-order valence-electron chi connectivity index (χ2n) is 8.23. The highest BCUT2D eigenvalue weighted by atomic mass is 19.4. The number of ether oxygens (including phenoxy) is 1. The molecule has 0 amide bonds. The van der Waals surface area contributed by atoms with Crippen LogP contribution in [-0.4, -0.2) is 35.1 Å². The van der Waals surface area contributed by atoms with Gasteiger partial charge in [0.15, 0.2) is 0 Å². The fraction of sp³-hybridized carbons (Fsp3) is 0.941. The third kappa shape index (κ3) is 3.68. The van der Waals surface area contributed by atoms with Crippen LogP contribution >= 0.6 is 0 Å². The van der Waals surface area contributed by atoms with Gasteiger partial charge in [-0.15, -0.1) is 0 Å². The van der Waals surface area contributed by atoms with Crippen molar-refractivity contribution in [2.24, 2.45) is 23.2 Å². The SMILES string of the molecule is CCC(C)(C)C(=O)OC1CC2CC1CC2CC(O)(C(F)(F)F)C(F)(F)F. The molecule has 0 heterocycles. The van der Waals surface area contributed by atoms with Gasteiger partial charge in [-0.25, -0.2) is 0 Å². The third-order valence-electron chi connectivity index (χ3n) is 6.13. The first kappa shape index (κ1) is 21.3. The molecule has 4 atom stereocenters. The average molecular weight is 390 g/mol. The lowest BCUT2D eigenvalue weighted by Gasteiger charge is -2.37. The minimum atomic E-state index is -5.79. The third-order valence-corrected chi connectivity index (χ3v) is 6.13. The zero-order valence-electron chi connectivity index (χ0n) is 14.9. The number of alkyl halides is 6. The van der Waals surface area contributed by atoms with Crippen LogP contribution in [0.4, 0.5) is 26.3 Å². The van der Waals surface area contributed by atoms with Gasteiger partial charge >= 0.3 is 18.3 Å². The molecule has 2 rings (SSSR count). The molecular weight excluding hydrogens is 366 g/mol. The fourth-order valence-electron chi connectivity index (χ4n) is 3.95. The smallest absolute Gasteiger partial charge is 0.426 e. The summed E-state index contributed by atoms with van der Waals surface area (Å²) in [6, 6.07) is 0. The summed E-state index contributed by atoms with van der Waals surface area (Å²) in [4.78, 5) is 12.1. The van der Waals surface area contributed by atoms with E-state index in [-0.39, 0.29) is 18.8 Å². The highest BCUT2D eigenvalue weighted by Crippen LogP contribution is 2.56. The molecule has 152 valence electrons. The molecule has 2 fully saturated rings. The molecule has 0 spiro atoms. The summed E-state index contributed by atoms with van der Waals surface area (Å²) in [7, 11) is 0. The lowest BCUT2D eigenvalue weighted by molar-refractivity contribution is -0.373. The molecule has 26 heavy (non-hydrogen) atoms. The van der Waals surface area contributed by atoms with E-state index < -0.39 is 53.7 Å². The predicted molar refractivity (Wildman–Crippen MR) is 79.9 cm³/mol. The molecule has 0 aliphatic heterocycles. The van der Waals surface area contributed by atoms with Gasteiger partial charge in [-0.2, -0.15) is 26.3 Å². The average Bonchev–Trinajstić information content (AvgIpc) is 3.04. The van der Waals surface area contributed by atoms with Gasteiger partial charge in [0.1, 0.15) is 6.10 Å². The van der Waals surface area contributed by atoms with E-state index in [0.717, 1.165) is 0 Å². The molecular formula is C17H24F6O3. The topological polar surface area (TPSA) is 46.5 Å². The van der Waals surface area contributed by atoms with Gasteiger partial charge in [0.2, 0.25) is 0 Å². The van der Waals surface area contributed by atoms with Crippen molar-refractivity contribution in [3.63, 3.8) is 0 Å². The number of halogens is 6. The Morgan fingerprint density at radius 2 is 1.54 bits per heavy atom. The quantitative estimate of drug-likeness (QED) is 0.550. The van der Waals surface area contributed by atoms with Crippen molar-refractivity contribution in [3.8, 4) is 0 Å². The molecule has 9 heteroatoms. The van der Waals surface area contributed by atoms with E-state index in [9.17, 15) is 36.2 Å². The van der Waals surface area contributed by atoms with E-state index in [1.165, 1.54) is 0 Å². The Hall–Kier alpha value is -0.990. The summed E-state index contributed by atoms with van der Waals surface area (Å²) in [5, 5.41) is 9.39. The molecule has 4 unspecified atom stereocenters. The minimum absolute atomic E-state index is 0.0869. The Morgan fingerprint density at radius 3 is 1.92 bits per heavy atom. The van der Waals surface area contributed by atoms with Crippen molar-refractivity contribution in [3.05, 3.63) is 0 Å². The van der Waals surface area contributed by atoms with Crippen molar-refractivity contribution in [1.29, 1.82) is 0 Å². The van der Waals surface area contributed by atoms with Crippen LogP contribution in [0.25, 0.3) is 0 Å². The van der Waals surface area contributed by atoms with Crippen LogP contribution < -0.4 is 0 Å². The lowest BCUT2D eigenvalue weighted by Crippen LogP contribution is -2.58. The first-order chi connectivity index (χ1) is 11.6. The summed E-state index contributed by atoms with van der Waals surface area (Å²) >= 11 is 0. The molecule has 2 bridgehead atoms. The predicted octanol–water partition coefficient (Wildman–Crippen LogP) is 4.63. The number of hydrogen-bond donors (Lipinski definition) is 1. The molecule has 0 aromatic heterocycles. The van der Waals surface area contributed by atoms with Gasteiger partial charge in [0.25, 0.3) is 5.60 Å². The van der Waals surface area contributed by atoms with Crippen molar-refractivity contribution in [2.45, 2.75) is 76.9 Å². The Morgan fingerprint density at radius 1 is 1.00 bits per heavy atom. The van der Waals surface area contributed by atoms with Crippen LogP contribution in [0.1, 0.15) is 52.9 Å². The monoisotopic (exact) mass is 390 g/mol. The largest absolute Gasteiger partial charge is 0.462 e. The number of fused-ring (bicyclic) bond motifs is 2. The van der Waals surface area contributed by atoms with Crippen LogP contribution in [0.3, 0.4) is 0 Å². The summed E-state index contributed by atoms with van der Waals surface area (Å²) in [6.45, 7) is 5.27. The number of esters is 1. The Bertz CT molecular complexity index is 526. The van der Waals surface area contributed by atoms with Crippen molar-refractivity contribution in [1.82, 2.24) is 0 Å². The van der Waals surface area contributed by atoms with Crippen molar-refractivity contribution >= 4 is 5.97 Å². The molecule has 0 saturated heterocycles. The second kappa shape index (κ2) is 6.56. The molecule has 1 N–H and O–H groups in total. The number of rotatable bonds is 5. The van der Waals surface area contributed by atoms with Crippen LogP contribution in [0.5, 0.6) is 0 Å². The molecule has 0 radical (unpaired) electrons. The molecule has 2 aliphatic rings. The van der Waals surface area contributed by atoms with Crippen LogP contribution in [-0.2, 0) is 9.53 Å². The van der Waals surface area contributed by atoms with Gasteiger partial charge in [0.05, 0.1) is 5.41 Å². The van der Waals surface area contributed by atoms with Gasteiger partial charge in [-0.3, -0.25) is 4.79 Å². The Labute approximate surface area is 148 Å². The van der Waals surface area contributed by atoms with E-state index in [4.69, 9.17) is 4.74 Å². The highest BCUT2D eigenvalue weighted by Gasteiger charge is 2.71. The zero-order valence-corrected chi connectivity index (χ0v) is 14.9. The van der Waals surface area contributed by atoms with Crippen LogP contribution in [0, 0.1) is 23.2 Å². The normalized spacial score (nSPS) is 29.9. The maximum atomic E-state index is 12.9. The zero-order chi connectivity index (χ0) is 20.1. The van der Waals surface area contributed by atoms with Gasteiger partial charge in [0, 0.05) is 0 Å². The maximum Gasteiger partial charge on any atom is 0.426 e. The Kier molecular flexibility index (Phi) is 5.38. The minimum Gasteiger partial charge on any atom is -0.462 e. The van der Waals surface area contributed by atoms with Crippen molar-refractivity contribution in [2.75, 3.05) is 0 Å². The number of carbonyl (C=O) groups excluding carboxylic acids is 1. The summed E-state index contributed by atoms with van der Waals surface area (Å²) in [6.07, 6.45) is -12.1. The number of hydrogen-bond acceptors (Lipinski definition) is 3. The van der Waals surface area contributed by atoms with E-state index in [1.807, 2.05) is 6.92 Å². The standard InChI is InChI=1S/C17H24F6O3/c1-4-14(2,3)13(24)26-12-7-9-5-10(12)6-11(9)8-15(25,16(18,19)20)17(21,22)23/h9-12,25H,4-8H2,1-3H3. The van der Waals surface area contributed by atoms with Crippen LogP contribution in [0.2, 0.25) is 0 Å². The fourth-order valence-corrected chi connectivity index (χ4v) is 3.95. The first-order valence-electron chi connectivity index (χ1n) is 8.69. The molecule has 0 aromatic carbocycles. The summed E-state index contributed by atoms with van der Waals surface area (Å²) in [5.74, 6) is -1.98. The number of carbonyl (C=O) groups is 1. The lowest BCUT2D eigenvalue weighted by atomic mass is 9.78. The molecule has 3 nitrogen and oxygen atoms in total. The van der Waals surface area contributed by atoms with Gasteiger partial charge in [-0.05, 0) is 63.7 Å². The van der Waals surface area contributed by atoms with Gasteiger partial charge in [-0.1, -0.05) is 6.92 Å². The van der Waals surface area contributed by atoms with E-state index >= 15 is 0 Å². The first-order valence-corrected chi connectivity index (χ1v) is 8.69. The van der Waals surface area contributed by atoms with E-state index in [0.29, 0.717) is 12.8 Å². The van der Waals surface area contributed by atoms with Gasteiger partial charge < -0.3 is 9.84 Å². The maximum absolute atomic E-state index is 12.9. The number of aliphatic hydroxyl groups is 1. The van der Waals surface area contributed by atoms with Crippen molar-refractivity contribution < 1.29 is 41.0 Å². The summed E-state index contributed by atoms with van der Waals surface area (Å²) < 4.78 is 82.7. The molecule has 2 saturated carbocycles. The molecule has 2 aliphatic carbocycles. The molecule has 0 aromatic rings. The second-order valence-corrected chi connectivity index (χ2v) is 8.23. The van der Waals surface area contributed by atoms with E-state index in [2.05, 4.69) is 0 Å². The van der Waals surface area contributed by atoms with Crippen LogP contribution in [0.15, 0.2) is 0 Å². The summed E-state index contributed by atoms with van der Waals surface area (Å²) in [5.41, 5.74) is -5.39.